The van der Waals surface area contributed by atoms with Crippen molar-refractivity contribution < 1.29 is 9.53 Å². The van der Waals surface area contributed by atoms with Gasteiger partial charge in [0.2, 0.25) is 0 Å². The Morgan fingerprint density at radius 1 is 1.21 bits per heavy atom. The minimum Gasteiger partial charge on any atom is -0.381 e. The summed E-state index contributed by atoms with van der Waals surface area (Å²) in [5, 5.41) is 2.09. The number of carbonyl (C=O) groups excluding carboxylic acids is 1. The Balaban J connectivity index is 1.47. The summed E-state index contributed by atoms with van der Waals surface area (Å²) < 4.78 is 7.53. The number of benzene rings is 1. The van der Waals surface area contributed by atoms with E-state index in [9.17, 15) is 4.79 Å². The first kappa shape index (κ1) is 18.9. The van der Waals surface area contributed by atoms with Crippen LogP contribution in [0.1, 0.15) is 33.6 Å². The van der Waals surface area contributed by atoms with E-state index in [-0.39, 0.29) is 11.9 Å². The number of hydrogen-bond donors (Lipinski definition) is 0. The lowest BCUT2D eigenvalue weighted by molar-refractivity contribution is 0.0294. The van der Waals surface area contributed by atoms with Crippen LogP contribution in [0, 0.1) is 0 Å². The standard InChI is InChI=1S/C22H25N3O2S/c26-22(19-5-3-18(4-6-19)16-24-12-10-23-17-24)25(20-8-13-27-14-9-20)11-7-21-2-1-15-28-21/h1-6,10,12,15,17,20H,7-9,11,13-14,16H2. The molecule has 0 unspecified atom stereocenters. The van der Waals surface area contributed by atoms with Crippen LogP contribution in [0.15, 0.2) is 60.5 Å². The summed E-state index contributed by atoms with van der Waals surface area (Å²) in [4.78, 5) is 20.8. The van der Waals surface area contributed by atoms with Crippen molar-refractivity contribution in [1.82, 2.24) is 14.5 Å². The van der Waals surface area contributed by atoms with Crippen LogP contribution >= 0.6 is 11.3 Å². The molecule has 1 saturated heterocycles. The van der Waals surface area contributed by atoms with Crippen LogP contribution < -0.4 is 0 Å². The summed E-state index contributed by atoms with van der Waals surface area (Å²) >= 11 is 1.75. The lowest BCUT2D eigenvalue weighted by Crippen LogP contribution is -2.44. The summed E-state index contributed by atoms with van der Waals surface area (Å²) in [6, 6.07) is 12.4. The van der Waals surface area contributed by atoms with Crippen LogP contribution in [-0.4, -0.2) is 46.2 Å². The van der Waals surface area contributed by atoms with E-state index in [0.29, 0.717) is 0 Å². The second-order valence-corrected chi connectivity index (χ2v) is 8.14. The molecule has 4 rings (SSSR count). The molecule has 0 atom stereocenters. The summed E-state index contributed by atoms with van der Waals surface area (Å²) in [6.07, 6.45) is 8.24. The van der Waals surface area contributed by atoms with E-state index < -0.39 is 0 Å². The average Bonchev–Trinajstić information content (AvgIpc) is 3.44. The maximum atomic E-state index is 13.3. The molecule has 1 amide bonds. The van der Waals surface area contributed by atoms with Crippen molar-refractivity contribution in [3.63, 3.8) is 0 Å². The largest absolute Gasteiger partial charge is 0.381 e. The molecule has 0 saturated carbocycles. The third kappa shape index (κ3) is 4.69. The molecule has 1 aromatic carbocycles. The van der Waals surface area contributed by atoms with Crippen molar-refractivity contribution in [2.45, 2.75) is 31.8 Å². The van der Waals surface area contributed by atoms with E-state index in [0.717, 1.165) is 56.7 Å². The second-order valence-electron chi connectivity index (χ2n) is 7.10. The number of thiophene rings is 1. The van der Waals surface area contributed by atoms with Gasteiger partial charge in [0.25, 0.3) is 5.91 Å². The van der Waals surface area contributed by atoms with E-state index in [1.165, 1.54) is 4.88 Å². The first-order chi connectivity index (χ1) is 13.8. The van der Waals surface area contributed by atoms with Gasteiger partial charge in [-0.2, -0.15) is 0 Å². The van der Waals surface area contributed by atoms with E-state index in [2.05, 4.69) is 27.4 Å². The van der Waals surface area contributed by atoms with Crippen LogP contribution in [0.4, 0.5) is 0 Å². The quantitative estimate of drug-likeness (QED) is 0.610. The molecule has 2 aromatic heterocycles. The highest BCUT2D eigenvalue weighted by atomic mass is 32.1. The Bertz CT molecular complexity index is 854. The van der Waals surface area contributed by atoms with Gasteiger partial charge in [-0.3, -0.25) is 4.79 Å². The summed E-state index contributed by atoms with van der Waals surface area (Å²) in [5.41, 5.74) is 1.91. The van der Waals surface area contributed by atoms with Gasteiger partial charge in [-0.1, -0.05) is 18.2 Å². The molecule has 3 aromatic rings. The Labute approximate surface area is 169 Å². The first-order valence-corrected chi connectivity index (χ1v) is 10.6. The topological polar surface area (TPSA) is 47.4 Å². The number of rotatable bonds is 7. The molecule has 6 heteroatoms. The number of imidazole rings is 1. The zero-order valence-corrected chi connectivity index (χ0v) is 16.7. The molecule has 1 aliphatic heterocycles. The predicted molar refractivity (Wildman–Crippen MR) is 111 cm³/mol. The lowest BCUT2D eigenvalue weighted by atomic mass is 10.0. The molecule has 146 valence electrons. The maximum absolute atomic E-state index is 13.3. The van der Waals surface area contributed by atoms with E-state index in [1.54, 1.807) is 23.9 Å². The number of carbonyl (C=O) groups is 1. The van der Waals surface area contributed by atoms with Gasteiger partial charge in [0.15, 0.2) is 0 Å². The fraction of sp³-hybridized carbons (Fsp3) is 0.364. The monoisotopic (exact) mass is 395 g/mol. The van der Waals surface area contributed by atoms with E-state index in [1.807, 2.05) is 35.0 Å². The zero-order chi connectivity index (χ0) is 19.2. The predicted octanol–water partition coefficient (Wildman–Crippen LogP) is 3.86. The lowest BCUT2D eigenvalue weighted by Gasteiger charge is -2.34. The first-order valence-electron chi connectivity index (χ1n) is 9.75. The number of hydrogen-bond acceptors (Lipinski definition) is 4. The number of nitrogens with zero attached hydrogens (tertiary/aromatic N) is 3. The zero-order valence-electron chi connectivity index (χ0n) is 15.9. The number of aromatic nitrogens is 2. The second kappa shape index (κ2) is 9.17. The van der Waals surface area contributed by atoms with Gasteiger partial charge in [0.1, 0.15) is 0 Å². The molecule has 28 heavy (non-hydrogen) atoms. The van der Waals surface area contributed by atoms with Crippen molar-refractivity contribution in [3.05, 3.63) is 76.5 Å². The minimum atomic E-state index is 0.123. The van der Waals surface area contributed by atoms with Gasteiger partial charge >= 0.3 is 0 Å². The van der Waals surface area contributed by atoms with Gasteiger partial charge in [0.05, 0.1) is 6.33 Å². The van der Waals surface area contributed by atoms with Gasteiger partial charge < -0.3 is 14.2 Å². The molecule has 1 aliphatic rings. The third-order valence-electron chi connectivity index (χ3n) is 5.20. The van der Waals surface area contributed by atoms with Crippen LogP contribution in [0.25, 0.3) is 0 Å². The molecule has 5 nitrogen and oxygen atoms in total. The maximum Gasteiger partial charge on any atom is 0.254 e. The fourth-order valence-electron chi connectivity index (χ4n) is 3.64. The Morgan fingerprint density at radius 2 is 2.04 bits per heavy atom. The smallest absolute Gasteiger partial charge is 0.254 e. The Morgan fingerprint density at radius 3 is 2.71 bits per heavy atom. The fourth-order valence-corrected chi connectivity index (χ4v) is 4.34. The van der Waals surface area contributed by atoms with Crippen LogP contribution in [-0.2, 0) is 17.7 Å². The average molecular weight is 396 g/mol. The highest BCUT2D eigenvalue weighted by Gasteiger charge is 2.26. The molecule has 3 heterocycles. The highest BCUT2D eigenvalue weighted by Crippen LogP contribution is 2.20. The molecule has 1 fully saturated rings. The van der Waals surface area contributed by atoms with Gasteiger partial charge in [-0.25, -0.2) is 4.98 Å². The molecule has 0 radical (unpaired) electrons. The number of amides is 1. The number of ether oxygens (including phenoxy) is 1. The SMILES string of the molecule is O=C(c1ccc(Cn2ccnc2)cc1)N(CCc1cccs1)C1CCOCC1. The molecule has 0 spiro atoms. The molecular weight excluding hydrogens is 370 g/mol. The molecule has 0 bridgehead atoms. The van der Waals surface area contributed by atoms with Crippen LogP contribution in [0.2, 0.25) is 0 Å². The summed E-state index contributed by atoms with van der Waals surface area (Å²) in [6.45, 7) is 2.98. The highest BCUT2D eigenvalue weighted by molar-refractivity contribution is 7.09. The van der Waals surface area contributed by atoms with Gasteiger partial charge in [0, 0.05) is 55.2 Å². The van der Waals surface area contributed by atoms with Crippen molar-refractivity contribution in [3.8, 4) is 0 Å². The van der Waals surface area contributed by atoms with Crippen molar-refractivity contribution in [1.29, 1.82) is 0 Å². The van der Waals surface area contributed by atoms with Crippen molar-refractivity contribution >= 4 is 17.2 Å². The minimum absolute atomic E-state index is 0.123. The van der Waals surface area contributed by atoms with Crippen LogP contribution in [0.5, 0.6) is 0 Å². The van der Waals surface area contributed by atoms with Crippen LogP contribution in [0.3, 0.4) is 0 Å². The van der Waals surface area contributed by atoms with Crippen molar-refractivity contribution in [2.24, 2.45) is 0 Å². The van der Waals surface area contributed by atoms with E-state index in [4.69, 9.17) is 4.74 Å². The summed E-state index contributed by atoms with van der Waals surface area (Å²) in [7, 11) is 0. The Kier molecular flexibility index (Phi) is 6.19. The van der Waals surface area contributed by atoms with Crippen molar-refractivity contribution in [2.75, 3.05) is 19.8 Å². The Hall–Kier alpha value is -2.44. The summed E-state index contributed by atoms with van der Waals surface area (Å²) in [5.74, 6) is 0.123. The third-order valence-corrected chi connectivity index (χ3v) is 6.13. The van der Waals surface area contributed by atoms with E-state index >= 15 is 0 Å². The molecule has 0 aliphatic carbocycles. The molecular formula is C22H25N3O2S. The van der Waals surface area contributed by atoms with Gasteiger partial charge in [-0.15, -0.1) is 11.3 Å². The molecule has 0 N–H and O–H groups in total. The van der Waals surface area contributed by atoms with Gasteiger partial charge in [-0.05, 0) is 48.4 Å². The normalized spacial score (nSPS) is 14.9.